The number of hydrogen-bond acceptors (Lipinski definition) is 4. The largest absolute Gasteiger partial charge is 0.425 e. The molecule has 0 fully saturated rings. The summed E-state index contributed by atoms with van der Waals surface area (Å²) in [6.07, 6.45) is -1.84. The summed E-state index contributed by atoms with van der Waals surface area (Å²) in [6, 6.07) is 5.25. The average Bonchev–Trinajstić information content (AvgIpc) is 2.93. The van der Waals surface area contributed by atoms with Crippen molar-refractivity contribution < 1.29 is 23.1 Å². The summed E-state index contributed by atoms with van der Waals surface area (Å²) in [4.78, 5) is 19.5. The van der Waals surface area contributed by atoms with Crippen molar-refractivity contribution in [1.82, 2.24) is 19.9 Å². The molecule has 24 heavy (non-hydrogen) atoms. The number of carbonyl (C=O) groups is 1. The zero-order valence-corrected chi connectivity index (χ0v) is 12.9. The van der Waals surface area contributed by atoms with Gasteiger partial charge in [-0.3, -0.25) is 9.78 Å². The molecule has 2 rings (SSSR count). The van der Waals surface area contributed by atoms with E-state index in [1.165, 1.54) is 13.2 Å². The van der Waals surface area contributed by atoms with Crippen molar-refractivity contribution in [2.75, 3.05) is 6.54 Å². The van der Waals surface area contributed by atoms with Gasteiger partial charge >= 0.3 is 6.18 Å². The van der Waals surface area contributed by atoms with Crippen molar-refractivity contribution >= 4 is 5.91 Å². The molecule has 0 aromatic carbocycles. The van der Waals surface area contributed by atoms with Gasteiger partial charge in [0.25, 0.3) is 0 Å². The molecule has 0 spiro atoms. The Labute approximate surface area is 136 Å². The van der Waals surface area contributed by atoms with Crippen LogP contribution in [0.5, 0.6) is 0 Å². The molecule has 1 unspecified atom stereocenters. The van der Waals surface area contributed by atoms with Crippen LogP contribution in [-0.2, 0) is 23.9 Å². The first kappa shape index (κ1) is 17.9. The van der Waals surface area contributed by atoms with E-state index in [9.17, 15) is 23.1 Å². The number of nitrogens with one attached hydrogen (secondary N) is 1. The molecule has 0 saturated carbocycles. The molecule has 0 saturated heterocycles. The Balaban J connectivity index is 2.02. The number of alkyl halides is 3. The fourth-order valence-corrected chi connectivity index (χ4v) is 2.24. The van der Waals surface area contributed by atoms with Crippen LogP contribution < -0.4 is 5.32 Å². The summed E-state index contributed by atoms with van der Waals surface area (Å²) < 4.78 is 40.9. The lowest BCUT2D eigenvalue weighted by Crippen LogP contribution is -2.48. The van der Waals surface area contributed by atoms with Crippen molar-refractivity contribution in [2.24, 2.45) is 7.05 Å². The Bertz CT molecular complexity index is 688. The minimum absolute atomic E-state index is 0.115. The van der Waals surface area contributed by atoms with Gasteiger partial charge in [-0.2, -0.15) is 13.2 Å². The molecule has 2 N–H and O–H groups in total. The van der Waals surface area contributed by atoms with Crippen LogP contribution in [0, 0.1) is 0 Å². The second-order valence-electron chi connectivity index (χ2n) is 5.32. The predicted octanol–water partition coefficient (Wildman–Crippen LogP) is 1.31. The number of hydrogen-bond donors (Lipinski definition) is 2. The SMILES string of the molecule is Cn1ccnc1C(O)(CC(=O)NCCc1ccccn1)C(F)(F)F. The van der Waals surface area contributed by atoms with Crippen LogP contribution in [0.2, 0.25) is 0 Å². The number of pyridine rings is 1. The molecule has 0 aliphatic rings. The van der Waals surface area contributed by atoms with Crippen LogP contribution in [0.3, 0.4) is 0 Å². The number of aromatic nitrogens is 3. The van der Waals surface area contributed by atoms with Gasteiger partial charge in [0.2, 0.25) is 11.5 Å². The second kappa shape index (κ2) is 7.00. The quantitative estimate of drug-likeness (QED) is 0.830. The van der Waals surface area contributed by atoms with E-state index in [-0.39, 0.29) is 6.54 Å². The molecule has 2 heterocycles. The topological polar surface area (TPSA) is 80.0 Å². The highest BCUT2D eigenvalue weighted by Crippen LogP contribution is 2.40. The number of imidazole rings is 1. The Morgan fingerprint density at radius 3 is 2.58 bits per heavy atom. The molecular weight excluding hydrogens is 325 g/mol. The number of rotatable bonds is 6. The Hall–Kier alpha value is -2.42. The lowest BCUT2D eigenvalue weighted by molar-refractivity contribution is -0.271. The zero-order chi connectivity index (χ0) is 17.8. The summed E-state index contributed by atoms with van der Waals surface area (Å²) in [5.41, 5.74) is -2.65. The zero-order valence-electron chi connectivity index (χ0n) is 12.9. The van der Waals surface area contributed by atoms with Gasteiger partial charge in [-0.05, 0) is 12.1 Å². The highest BCUT2D eigenvalue weighted by Gasteiger charge is 2.58. The van der Waals surface area contributed by atoms with Gasteiger partial charge < -0.3 is 15.0 Å². The summed E-state index contributed by atoms with van der Waals surface area (Å²) >= 11 is 0. The van der Waals surface area contributed by atoms with E-state index in [4.69, 9.17) is 0 Å². The van der Waals surface area contributed by atoms with Gasteiger partial charge in [-0.1, -0.05) is 6.07 Å². The first-order chi connectivity index (χ1) is 11.2. The number of amides is 1. The standard InChI is InChI=1S/C15H17F3N4O2/c1-22-9-8-21-13(22)14(24,15(16,17)18)10-12(23)20-7-5-11-4-2-3-6-19-11/h2-4,6,8-9,24H,5,7,10H2,1H3,(H,20,23). The molecule has 0 aliphatic heterocycles. The number of halogens is 3. The van der Waals surface area contributed by atoms with E-state index >= 15 is 0 Å². The maximum Gasteiger partial charge on any atom is 0.425 e. The maximum absolute atomic E-state index is 13.3. The van der Waals surface area contributed by atoms with Crippen LogP contribution in [0.15, 0.2) is 36.8 Å². The molecule has 2 aromatic heterocycles. The van der Waals surface area contributed by atoms with Gasteiger partial charge in [-0.25, -0.2) is 4.98 Å². The first-order valence-corrected chi connectivity index (χ1v) is 7.17. The first-order valence-electron chi connectivity index (χ1n) is 7.17. The molecule has 2 aromatic rings. The fraction of sp³-hybridized carbons (Fsp3) is 0.400. The monoisotopic (exact) mass is 342 g/mol. The summed E-state index contributed by atoms with van der Waals surface area (Å²) in [6.45, 7) is 0.115. The smallest absolute Gasteiger partial charge is 0.374 e. The predicted molar refractivity (Wildman–Crippen MR) is 78.7 cm³/mol. The van der Waals surface area contributed by atoms with Gasteiger partial charge in [0, 0.05) is 44.3 Å². The van der Waals surface area contributed by atoms with E-state index in [1.54, 1.807) is 24.4 Å². The number of nitrogens with zero attached hydrogens (tertiary/aromatic N) is 3. The highest BCUT2D eigenvalue weighted by atomic mass is 19.4. The van der Waals surface area contributed by atoms with Gasteiger partial charge in [0.15, 0.2) is 5.82 Å². The van der Waals surface area contributed by atoms with Crippen molar-refractivity contribution in [3.05, 3.63) is 48.3 Å². The van der Waals surface area contributed by atoms with Crippen molar-refractivity contribution in [3.8, 4) is 0 Å². The van der Waals surface area contributed by atoms with Crippen LogP contribution >= 0.6 is 0 Å². The second-order valence-corrected chi connectivity index (χ2v) is 5.32. The van der Waals surface area contributed by atoms with Crippen molar-refractivity contribution in [3.63, 3.8) is 0 Å². The molecule has 1 amide bonds. The van der Waals surface area contributed by atoms with Crippen LogP contribution in [0.25, 0.3) is 0 Å². The summed E-state index contributed by atoms with van der Waals surface area (Å²) in [7, 11) is 1.32. The van der Waals surface area contributed by atoms with E-state index in [2.05, 4.69) is 15.3 Å². The summed E-state index contributed by atoms with van der Waals surface area (Å²) in [5, 5.41) is 12.5. The Morgan fingerprint density at radius 2 is 2.04 bits per heavy atom. The van der Waals surface area contributed by atoms with Crippen LogP contribution in [0.4, 0.5) is 13.2 Å². The van der Waals surface area contributed by atoms with Crippen LogP contribution in [0.1, 0.15) is 17.9 Å². The third-order valence-corrected chi connectivity index (χ3v) is 3.51. The minimum Gasteiger partial charge on any atom is -0.374 e. The highest BCUT2D eigenvalue weighted by molar-refractivity contribution is 5.77. The molecule has 9 heteroatoms. The summed E-state index contributed by atoms with van der Waals surface area (Å²) in [5.74, 6) is -1.55. The van der Waals surface area contributed by atoms with E-state index in [0.29, 0.717) is 12.1 Å². The lowest BCUT2D eigenvalue weighted by atomic mass is 9.97. The number of carbonyl (C=O) groups excluding carboxylic acids is 1. The molecule has 0 bridgehead atoms. The minimum atomic E-state index is -5.04. The van der Waals surface area contributed by atoms with Gasteiger partial charge in [0.1, 0.15) is 0 Å². The molecule has 6 nitrogen and oxygen atoms in total. The van der Waals surface area contributed by atoms with E-state index < -0.39 is 29.9 Å². The molecule has 0 aliphatic carbocycles. The van der Waals surface area contributed by atoms with Crippen molar-refractivity contribution in [2.45, 2.75) is 24.6 Å². The lowest BCUT2D eigenvalue weighted by Gasteiger charge is -2.29. The van der Waals surface area contributed by atoms with Crippen molar-refractivity contribution in [1.29, 1.82) is 0 Å². The normalized spacial score (nSPS) is 14.2. The van der Waals surface area contributed by atoms with E-state index in [1.807, 2.05) is 0 Å². The van der Waals surface area contributed by atoms with Gasteiger partial charge in [0.05, 0.1) is 6.42 Å². The Kier molecular flexibility index (Phi) is 5.23. The third kappa shape index (κ3) is 3.91. The van der Waals surface area contributed by atoms with E-state index in [0.717, 1.165) is 10.8 Å². The fourth-order valence-electron chi connectivity index (χ4n) is 2.24. The molecule has 0 radical (unpaired) electrons. The number of aliphatic hydroxyl groups is 1. The van der Waals surface area contributed by atoms with Gasteiger partial charge in [-0.15, -0.1) is 0 Å². The molecular formula is C15H17F3N4O2. The molecule has 1 atom stereocenters. The third-order valence-electron chi connectivity index (χ3n) is 3.51. The average molecular weight is 342 g/mol. The Morgan fingerprint density at radius 1 is 1.29 bits per heavy atom. The maximum atomic E-state index is 13.3. The number of aryl methyl sites for hydroxylation is 1. The molecule has 130 valence electrons. The van der Waals surface area contributed by atoms with Crippen LogP contribution in [-0.4, -0.2) is 38.3 Å².